The van der Waals surface area contributed by atoms with Crippen LogP contribution in [-0.2, 0) is 4.79 Å². The molecule has 0 unspecified atom stereocenters. The number of nitrogens with one attached hydrogen (secondary N) is 1. The van der Waals surface area contributed by atoms with E-state index in [4.69, 9.17) is 0 Å². The van der Waals surface area contributed by atoms with E-state index in [0.717, 1.165) is 6.08 Å². The Labute approximate surface area is 63.6 Å². The van der Waals surface area contributed by atoms with Crippen LogP contribution < -0.4 is 5.32 Å². The maximum Gasteiger partial charge on any atom is 0.270 e. The quantitative estimate of drug-likeness (QED) is 0.501. The van der Waals surface area contributed by atoms with Crippen LogP contribution in [0, 0.1) is 0 Å². The second kappa shape index (κ2) is 4.60. The molecule has 11 heavy (non-hydrogen) atoms. The summed E-state index contributed by atoms with van der Waals surface area (Å²) in [6.45, 7) is 1.30. The fraction of sp³-hybridized carbons (Fsp3) is 0.286. The van der Waals surface area contributed by atoms with Gasteiger partial charge in [0.05, 0.1) is 5.70 Å². The lowest BCUT2D eigenvalue weighted by Gasteiger charge is -1.97. The van der Waals surface area contributed by atoms with Crippen LogP contribution in [0.15, 0.2) is 23.9 Å². The SMILES string of the molecule is CNC(=CC=C(F)F)C(C)=O. The molecule has 0 bridgehead atoms. The summed E-state index contributed by atoms with van der Waals surface area (Å²) in [7, 11) is 1.50. The van der Waals surface area contributed by atoms with Crippen LogP contribution in [0.1, 0.15) is 6.92 Å². The summed E-state index contributed by atoms with van der Waals surface area (Å²) < 4.78 is 22.9. The smallest absolute Gasteiger partial charge is 0.270 e. The van der Waals surface area contributed by atoms with Gasteiger partial charge in [-0.1, -0.05) is 0 Å². The van der Waals surface area contributed by atoms with Gasteiger partial charge in [-0.2, -0.15) is 8.78 Å². The lowest BCUT2D eigenvalue weighted by molar-refractivity contribution is -0.113. The van der Waals surface area contributed by atoms with E-state index in [-0.39, 0.29) is 11.5 Å². The molecule has 0 aromatic rings. The van der Waals surface area contributed by atoms with E-state index in [2.05, 4.69) is 5.32 Å². The van der Waals surface area contributed by atoms with Crippen molar-refractivity contribution >= 4 is 5.78 Å². The topological polar surface area (TPSA) is 29.1 Å². The predicted octanol–water partition coefficient (Wildman–Crippen LogP) is 1.46. The Bertz CT molecular complexity index is 204. The first-order chi connectivity index (χ1) is 5.07. The van der Waals surface area contributed by atoms with E-state index in [0.29, 0.717) is 6.08 Å². The zero-order valence-corrected chi connectivity index (χ0v) is 6.32. The summed E-state index contributed by atoms with van der Waals surface area (Å²) in [4.78, 5) is 10.6. The Morgan fingerprint density at radius 1 is 1.36 bits per heavy atom. The second-order valence-corrected chi connectivity index (χ2v) is 1.84. The highest BCUT2D eigenvalue weighted by Crippen LogP contribution is 1.99. The van der Waals surface area contributed by atoms with Gasteiger partial charge in [-0.15, -0.1) is 0 Å². The third kappa shape index (κ3) is 4.25. The Morgan fingerprint density at radius 3 is 2.18 bits per heavy atom. The minimum absolute atomic E-state index is 0.165. The molecule has 0 aliphatic rings. The van der Waals surface area contributed by atoms with Crippen LogP contribution in [0.4, 0.5) is 8.78 Å². The summed E-state index contributed by atoms with van der Waals surface area (Å²) >= 11 is 0. The summed E-state index contributed by atoms with van der Waals surface area (Å²) in [5.74, 6) is -0.273. The molecule has 2 nitrogen and oxygen atoms in total. The van der Waals surface area contributed by atoms with Gasteiger partial charge in [0.25, 0.3) is 6.08 Å². The van der Waals surface area contributed by atoms with Gasteiger partial charge in [-0.05, 0) is 6.08 Å². The highest BCUT2D eigenvalue weighted by molar-refractivity contribution is 5.92. The fourth-order valence-corrected chi connectivity index (χ4v) is 0.523. The maximum atomic E-state index is 11.5. The Kier molecular flexibility index (Phi) is 4.10. The van der Waals surface area contributed by atoms with E-state index < -0.39 is 6.08 Å². The molecule has 0 fully saturated rings. The molecule has 0 saturated carbocycles. The zero-order chi connectivity index (χ0) is 8.85. The number of carbonyl (C=O) groups is 1. The summed E-state index contributed by atoms with van der Waals surface area (Å²) in [5.41, 5.74) is 0.165. The molecular formula is C7H9F2NO. The Balaban J connectivity index is 4.37. The van der Waals surface area contributed by atoms with Crippen molar-refractivity contribution < 1.29 is 13.6 Å². The van der Waals surface area contributed by atoms with Crippen molar-refractivity contribution in [3.63, 3.8) is 0 Å². The van der Waals surface area contributed by atoms with Gasteiger partial charge in [0.15, 0.2) is 5.78 Å². The monoisotopic (exact) mass is 161 g/mol. The van der Waals surface area contributed by atoms with Crippen molar-refractivity contribution in [2.45, 2.75) is 6.92 Å². The van der Waals surface area contributed by atoms with Gasteiger partial charge >= 0.3 is 0 Å². The highest BCUT2D eigenvalue weighted by atomic mass is 19.3. The van der Waals surface area contributed by atoms with Gasteiger partial charge in [0.2, 0.25) is 0 Å². The number of hydrogen-bond acceptors (Lipinski definition) is 2. The number of rotatable bonds is 3. The standard InChI is InChI=1S/C7H9F2NO/c1-5(11)6(10-2)3-4-7(8)9/h3-4,10H,1-2H3. The molecule has 0 heterocycles. The number of Topliss-reactive ketones (excluding diaryl/α,β-unsaturated/α-hetero) is 1. The van der Waals surface area contributed by atoms with Crippen molar-refractivity contribution in [3.8, 4) is 0 Å². The molecule has 0 atom stereocenters. The molecule has 0 aromatic heterocycles. The highest BCUT2D eigenvalue weighted by Gasteiger charge is 1.97. The first kappa shape index (κ1) is 9.81. The third-order valence-electron chi connectivity index (χ3n) is 1.02. The normalized spacial score (nSPS) is 10.7. The van der Waals surface area contributed by atoms with Crippen molar-refractivity contribution in [2.24, 2.45) is 0 Å². The number of allylic oxidation sites excluding steroid dienone is 3. The summed E-state index contributed by atoms with van der Waals surface area (Å²) in [6.07, 6.45) is -0.204. The number of carbonyl (C=O) groups excluding carboxylic acids is 1. The Hall–Kier alpha value is -1.19. The maximum absolute atomic E-state index is 11.5. The molecule has 4 heteroatoms. The minimum atomic E-state index is -1.82. The first-order valence-electron chi connectivity index (χ1n) is 2.99. The molecule has 0 spiro atoms. The van der Waals surface area contributed by atoms with Crippen LogP contribution in [0.2, 0.25) is 0 Å². The first-order valence-corrected chi connectivity index (χ1v) is 2.99. The van der Waals surface area contributed by atoms with Crippen LogP contribution in [-0.4, -0.2) is 12.8 Å². The third-order valence-corrected chi connectivity index (χ3v) is 1.02. The largest absolute Gasteiger partial charge is 0.385 e. The zero-order valence-electron chi connectivity index (χ0n) is 6.32. The van der Waals surface area contributed by atoms with Gasteiger partial charge < -0.3 is 5.32 Å². The lowest BCUT2D eigenvalue weighted by Crippen LogP contribution is -2.12. The Morgan fingerprint density at radius 2 is 1.91 bits per heavy atom. The molecule has 1 N–H and O–H groups in total. The van der Waals surface area contributed by atoms with Gasteiger partial charge in [-0.25, -0.2) is 0 Å². The van der Waals surface area contributed by atoms with Crippen LogP contribution in [0.5, 0.6) is 0 Å². The summed E-state index contributed by atoms with van der Waals surface area (Å²) in [5, 5.41) is 2.49. The van der Waals surface area contributed by atoms with Crippen molar-refractivity contribution in [2.75, 3.05) is 7.05 Å². The lowest BCUT2D eigenvalue weighted by atomic mass is 10.3. The summed E-state index contributed by atoms with van der Waals surface area (Å²) in [6, 6.07) is 0. The van der Waals surface area contributed by atoms with Crippen LogP contribution in [0.3, 0.4) is 0 Å². The molecule has 0 amide bonds. The molecule has 0 radical (unpaired) electrons. The van der Waals surface area contributed by atoms with E-state index in [1.165, 1.54) is 14.0 Å². The van der Waals surface area contributed by atoms with Crippen LogP contribution >= 0.6 is 0 Å². The minimum Gasteiger partial charge on any atom is -0.385 e. The average Bonchev–Trinajstić information content (AvgIpc) is 1.87. The van der Waals surface area contributed by atoms with E-state index in [1.54, 1.807) is 0 Å². The van der Waals surface area contributed by atoms with Crippen molar-refractivity contribution in [3.05, 3.63) is 23.9 Å². The van der Waals surface area contributed by atoms with E-state index in [9.17, 15) is 13.6 Å². The van der Waals surface area contributed by atoms with Crippen molar-refractivity contribution in [1.29, 1.82) is 0 Å². The molecule has 0 rings (SSSR count). The molecular weight excluding hydrogens is 152 g/mol. The second-order valence-electron chi connectivity index (χ2n) is 1.84. The fourth-order valence-electron chi connectivity index (χ4n) is 0.523. The molecule has 0 aromatic carbocycles. The van der Waals surface area contributed by atoms with Gasteiger partial charge in [0.1, 0.15) is 0 Å². The molecule has 0 aliphatic heterocycles. The van der Waals surface area contributed by atoms with Crippen molar-refractivity contribution in [1.82, 2.24) is 5.32 Å². The van der Waals surface area contributed by atoms with Crippen LogP contribution in [0.25, 0.3) is 0 Å². The number of halogens is 2. The van der Waals surface area contributed by atoms with Gasteiger partial charge in [0, 0.05) is 20.0 Å². The molecule has 0 saturated heterocycles. The number of ketones is 1. The average molecular weight is 161 g/mol. The number of hydrogen-bond donors (Lipinski definition) is 1. The van der Waals surface area contributed by atoms with Gasteiger partial charge in [-0.3, -0.25) is 4.79 Å². The number of likely N-dealkylation sites (N-methyl/N-ethyl adjacent to an activating group) is 1. The predicted molar refractivity (Wildman–Crippen MR) is 38.1 cm³/mol. The van der Waals surface area contributed by atoms with E-state index >= 15 is 0 Å². The van der Waals surface area contributed by atoms with E-state index in [1.807, 2.05) is 0 Å². The molecule has 62 valence electrons. The molecule has 0 aliphatic carbocycles.